The summed E-state index contributed by atoms with van der Waals surface area (Å²) in [6.07, 6.45) is 1.77. The van der Waals surface area contributed by atoms with Crippen LogP contribution in [0.15, 0.2) is 71.1 Å². The Hall–Kier alpha value is -2.96. The van der Waals surface area contributed by atoms with Gasteiger partial charge in [0.25, 0.3) is 0 Å². The van der Waals surface area contributed by atoms with E-state index in [-0.39, 0.29) is 12.3 Å². The lowest BCUT2D eigenvalue weighted by atomic mass is 10.2. The Kier molecular flexibility index (Phi) is 6.35. The minimum Gasteiger partial charge on any atom is -0.423 e. The van der Waals surface area contributed by atoms with Crippen molar-refractivity contribution in [1.29, 1.82) is 0 Å². The predicted molar refractivity (Wildman–Crippen MR) is 107 cm³/mol. The maximum absolute atomic E-state index is 12.2. The molecule has 1 N–H and O–H groups in total. The van der Waals surface area contributed by atoms with Gasteiger partial charge in [-0.3, -0.25) is 4.79 Å². The molecule has 0 spiro atoms. The maximum atomic E-state index is 12.2. The van der Waals surface area contributed by atoms with E-state index in [1.165, 1.54) is 17.6 Å². The molecule has 3 aromatic rings. The van der Waals surface area contributed by atoms with E-state index in [1.54, 1.807) is 48.5 Å². The summed E-state index contributed by atoms with van der Waals surface area (Å²) in [6, 6.07) is 17.3. The van der Waals surface area contributed by atoms with Crippen LogP contribution in [0.3, 0.4) is 0 Å². The number of ether oxygens (including phenoxy) is 1. The normalized spacial score (nSPS) is 10.7. The van der Waals surface area contributed by atoms with Crippen molar-refractivity contribution in [1.82, 2.24) is 5.43 Å². The molecule has 2 aromatic carbocycles. The standard InChI is InChI=1S/C20H15ClN2O3S/c21-18-9-2-1-8-17(18)20(25)26-15-6-3-5-14(11-15)13-22-23-19(24)12-16-7-4-10-27-16/h1-11,13H,12H2,(H,23,24)/b22-13+. The molecule has 0 bridgehead atoms. The predicted octanol–water partition coefficient (Wildman–Crippen LogP) is 4.31. The second kappa shape index (κ2) is 9.12. The van der Waals surface area contributed by atoms with E-state index in [0.717, 1.165) is 4.88 Å². The first-order chi connectivity index (χ1) is 13.1. The third-order valence-corrected chi connectivity index (χ3v) is 4.69. The summed E-state index contributed by atoms with van der Waals surface area (Å²) < 4.78 is 5.35. The van der Waals surface area contributed by atoms with E-state index < -0.39 is 5.97 Å². The van der Waals surface area contributed by atoms with Gasteiger partial charge < -0.3 is 4.74 Å². The van der Waals surface area contributed by atoms with Crippen LogP contribution in [0, 0.1) is 0 Å². The quantitative estimate of drug-likeness (QED) is 0.291. The lowest BCUT2D eigenvalue weighted by Gasteiger charge is -2.06. The number of thiophene rings is 1. The fourth-order valence-corrected chi connectivity index (χ4v) is 3.15. The number of hydrogen-bond acceptors (Lipinski definition) is 5. The number of hydrazone groups is 1. The number of esters is 1. The van der Waals surface area contributed by atoms with E-state index in [4.69, 9.17) is 16.3 Å². The monoisotopic (exact) mass is 398 g/mol. The Morgan fingerprint density at radius 1 is 1.11 bits per heavy atom. The van der Waals surface area contributed by atoms with Crippen molar-refractivity contribution >= 4 is 41.0 Å². The number of halogens is 1. The van der Waals surface area contributed by atoms with Crippen molar-refractivity contribution in [3.8, 4) is 5.75 Å². The average Bonchev–Trinajstić information content (AvgIpc) is 3.15. The zero-order valence-electron chi connectivity index (χ0n) is 14.1. The van der Waals surface area contributed by atoms with Gasteiger partial charge >= 0.3 is 5.97 Å². The summed E-state index contributed by atoms with van der Waals surface area (Å²) >= 11 is 7.52. The molecule has 0 aliphatic rings. The van der Waals surface area contributed by atoms with Gasteiger partial charge in [0.15, 0.2) is 0 Å². The van der Waals surface area contributed by atoms with Gasteiger partial charge in [-0.05, 0) is 41.3 Å². The lowest BCUT2D eigenvalue weighted by Crippen LogP contribution is -2.19. The van der Waals surface area contributed by atoms with E-state index >= 15 is 0 Å². The third kappa shape index (κ3) is 5.51. The molecule has 0 aliphatic carbocycles. The van der Waals surface area contributed by atoms with E-state index in [0.29, 0.717) is 21.9 Å². The summed E-state index contributed by atoms with van der Waals surface area (Å²) in [5.74, 6) is -0.386. The van der Waals surface area contributed by atoms with Crippen molar-refractivity contribution in [2.75, 3.05) is 0 Å². The molecular weight excluding hydrogens is 384 g/mol. The second-order valence-electron chi connectivity index (χ2n) is 5.49. The van der Waals surface area contributed by atoms with Crippen LogP contribution in [0.25, 0.3) is 0 Å². The molecule has 136 valence electrons. The maximum Gasteiger partial charge on any atom is 0.345 e. The Balaban J connectivity index is 1.59. The second-order valence-corrected chi connectivity index (χ2v) is 6.93. The molecule has 0 atom stereocenters. The molecule has 0 saturated heterocycles. The van der Waals surface area contributed by atoms with Gasteiger partial charge in [0.05, 0.1) is 23.2 Å². The number of hydrogen-bond donors (Lipinski definition) is 1. The lowest BCUT2D eigenvalue weighted by molar-refractivity contribution is -0.120. The van der Waals surface area contributed by atoms with Gasteiger partial charge in [-0.15, -0.1) is 11.3 Å². The van der Waals surface area contributed by atoms with Crippen LogP contribution in [-0.4, -0.2) is 18.1 Å². The Labute approximate surface area is 165 Å². The molecule has 0 radical (unpaired) electrons. The highest BCUT2D eigenvalue weighted by Crippen LogP contribution is 2.19. The van der Waals surface area contributed by atoms with Crippen LogP contribution in [-0.2, 0) is 11.2 Å². The molecule has 1 aromatic heterocycles. The molecule has 5 nitrogen and oxygen atoms in total. The molecule has 7 heteroatoms. The van der Waals surface area contributed by atoms with Crippen molar-refractivity contribution in [3.05, 3.63) is 87.1 Å². The average molecular weight is 399 g/mol. The van der Waals surface area contributed by atoms with Crippen LogP contribution < -0.4 is 10.2 Å². The van der Waals surface area contributed by atoms with E-state index in [2.05, 4.69) is 10.5 Å². The number of amides is 1. The van der Waals surface area contributed by atoms with Gasteiger partial charge in [0.1, 0.15) is 5.75 Å². The van der Waals surface area contributed by atoms with Crippen LogP contribution >= 0.6 is 22.9 Å². The SMILES string of the molecule is O=C(Cc1cccs1)N/N=C/c1cccc(OC(=O)c2ccccc2Cl)c1. The molecular formula is C20H15ClN2O3S. The smallest absolute Gasteiger partial charge is 0.345 e. The van der Waals surface area contributed by atoms with Crippen LogP contribution in [0.1, 0.15) is 20.8 Å². The Morgan fingerprint density at radius 3 is 2.74 bits per heavy atom. The number of carbonyl (C=O) groups is 2. The molecule has 3 rings (SSSR count). The topological polar surface area (TPSA) is 67.8 Å². The Morgan fingerprint density at radius 2 is 1.96 bits per heavy atom. The molecule has 1 heterocycles. The van der Waals surface area contributed by atoms with Crippen molar-refractivity contribution in [2.45, 2.75) is 6.42 Å². The molecule has 1 amide bonds. The minimum atomic E-state index is -0.543. The zero-order chi connectivity index (χ0) is 19.1. The van der Waals surface area contributed by atoms with Crippen molar-refractivity contribution in [2.24, 2.45) is 5.10 Å². The van der Waals surface area contributed by atoms with Crippen molar-refractivity contribution < 1.29 is 14.3 Å². The van der Waals surface area contributed by atoms with Crippen molar-refractivity contribution in [3.63, 3.8) is 0 Å². The summed E-state index contributed by atoms with van der Waals surface area (Å²) in [5, 5.41) is 6.18. The largest absolute Gasteiger partial charge is 0.423 e. The first kappa shape index (κ1) is 18.8. The summed E-state index contributed by atoms with van der Waals surface area (Å²) in [4.78, 5) is 25.0. The highest BCUT2D eigenvalue weighted by molar-refractivity contribution is 7.10. The highest BCUT2D eigenvalue weighted by atomic mass is 35.5. The highest BCUT2D eigenvalue weighted by Gasteiger charge is 2.12. The summed E-state index contributed by atoms with van der Waals surface area (Å²) in [5.41, 5.74) is 3.44. The zero-order valence-corrected chi connectivity index (χ0v) is 15.7. The Bertz CT molecular complexity index is 971. The van der Waals surface area contributed by atoms with E-state index in [1.807, 2.05) is 17.5 Å². The van der Waals surface area contributed by atoms with Gasteiger partial charge in [0, 0.05) is 4.88 Å². The van der Waals surface area contributed by atoms with E-state index in [9.17, 15) is 9.59 Å². The van der Waals surface area contributed by atoms with Gasteiger partial charge in [-0.2, -0.15) is 5.10 Å². The summed E-state index contributed by atoms with van der Waals surface area (Å²) in [6.45, 7) is 0. The molecule has 27 heavy (non-hydrogen) atoms. The van der Waals surface area contributed by atoms with Gasteiger partial charge in [0.2, 0.25) is 5.91 Å². The van der Waals surface area contributed by atoms with Crippen LogP contribution in [0.4, 0.5) is 0 Å². The van der Waals surface area contributed by atoms with Crippen LogP contribution in [0.5, 0.6) is 5.75 Å². The van der Waals surface area contributed by atoms with Gasteiger partial charge in [-0.25, -0.2) is 10.2 Å². The number of benzene rings is 2. The number of rotatable bonds is 6. The molecule has 0 fully saturated rings. The first-order valence-electron chi connectivity index (χ1n) is 8.03. The fraction of sp³-hybridized carbons (Fsp3) is 0.0500. The minimum absolute atomic E-state index is 0.199. The molecule has 0 saturated carbocycles. The number of nitrogens with one attached hydrogen (secondary N) is 1. The number of nitrogens with zero attached hydrogens (tertiary/aromatic N) is 1. The third-order valence-electron chi connectivity index (χ3n) is 3.48. The molecule has 0 unspecified atom stereocenters. The summed E-state index contributed by atoms with van der Waals surface area (Å²) in [7, 11) is 0. The molecule has 0 aliphatic heterocycles. The fourth-order valence-electron chi connectivity index (χ4n) is 2.24. The first-order valence-corrected chi connectivity index (χ1v) is 9.28. The van der Waals surface area contributed by atoms with Crippen LogP contribution in [0.2, 0.25) is 5.02 Å². The number of carbonyl (C=O) groups excluding carboxylic acids is 2. The van der Waals surface area contributed by atoms with Gasteiger partial charge in [-0.1, -0.05) is 41.9 Å².